The summed E-state index contributed by atoms with van der Waals surface area (Å²) >= 11 is 0. The highest BCUT2D eigenvalue weighted by Gasteiger charge is 2.33. The van der Waals surface area contributed by atoms with Gasteiger partial charge in [0, 0.05) is 20.3 Å². The molecule has 1 aliphatic heterocycles. The molecular weight excluding hydrogens is 281 g/mol. The zero-order chi connectivity index (χ0) is 15.7. The van der Waals surface area contributed by atoms with Crippen molar-refractivity contribution in [2.45, 2.75) is 6.10 Å². The van der Waals surface area contributed by atoms with Crippen LogP contribution in [0.1, 0.15) is 22.0 Å². The molecule has 0 aliphatic carbocycles. The minimum Gasteiger partial charge on any atom is -0.480 e. The third-order valence-electron chi connectivity index (χ3n) is 3.48. The van der Waals surface area contributed by atoms with Gasteiger partial charge < -0.3 is 9.64 Å². The number of halogens is 1. The molecular formula is C18H16FNO2. The SMILES string of the molecule is CN(C)C=C1C(=O)c2cc(F)ccc2OC1c1ccccc1. The van der Waals surface area contributed by atoms with E-state index in [1.54, 1.807) is 11.1 Å². The van der Waals surface area contributed by atoms with Crippen LogP contribution in [0.4, 0.5) is 4.39 Å². The molecule has 22 heavy (non-hydrogen) atoms. The summed E-state index contributed by atoms with van der Waals surface area (Å²) in [5.41, 5.74) is 1.65. The molecule has 4 heteroatoms. The number of carbonyl (C=O) groups excluding carboxylic acids is 1. The second-order valence-electron chi connectivity index (χ2n) is 5.43. The Kier molecular flexibility index (Phi) is 3.67. The molecule has 0 amide bonds. The Balaban J connectivity index is 2.13. The predicted octanol–water partition coefficient (Wildman–Crippen LogP) is 3.59. The Hall–Kier alpha value is -2.62. The summed E-state index contributed by atoms with van der Waals surface area (Å²) < 4.78 is 19.4. The average Bonchev–Trinajstić information content (AvgIpc) is 2.51. The van der Waals surface area contributed by atoms with Gasteiger partial charge in [-0.25, -0.2) is 4.39 Å². The molecule has 2 aromatic rings. The highest BCUT2D eigenvalue weighted by Crippen LogP contribution is 2.38. The van der Waals surface area contributed by atoms with Gasteiger partial charge in [-0.2, -0.15) is 0 Å². The van der Waals surface area contributed by atoms with E-state index in [4.69, 9.17) is 4.74 Å². The summed E-state index contributed by atoms with van der Waals surface area (Å²) in [5, 5.41) is 0. The van der Waals surface area contributed by atoms with Crippen molar-refractivity contribution >= 4 is 5.78 Å². The number of nitrogens with zero attached hydrogens (tertiary/aromatic N) is 1. The lowest BCUT2D eigenvalue weighted by molar-refractivity contribution is 0.0956. The lowest BCUT2D eigenvalue weighted by Crippen LogP contribution is -2.25. The molecule has 112 valence electrons. The molecule has 0 spiro atoms. The fraction of sp³-hybridized carbons (Fsp3) is 0.167. The van der Waals surface area contributed by atoms with Crippen molar-refractivity contribution < 1.29 is 13.9 Å². The zero-order valence-corrected chi connectivity index (χ0v) is 12.4. The van der Waals surface area contributed by atoms with E-state index in [1.165, 1.54) is 18.2 Å². The Labute approximate surface area is 128 Å². The number of hydrogen-bond donors (Lipinski definition) is 0. The quantitative estimate of drug-likeness (QED) is 0.793. The van der Waals surface area contributed by atoms with Gasteiger partial charge in [-0.1, -0.05) is 30.3 Å². The van der Waals surface area contributed by atoms with E-state index >= 15 is 0 Å². The molecule has 0 fully saturated rings. The Morgan fingerprint density at radius 1 is 1.14 bits per heavy atom. The molecule has 0 saturated carbocycles. The van der Waals surface area contributed by atoms with E-state index in [9.17, 15) is 9.18 Å². The standard InChI is InChI=1S/C18H16FNO2/c1-20(2)11-15-17(21)14-10-13(19)8-9-16(14)22-18(15)12-6-4-3-5-7-12/h3-11,18H,1-2H3. The minimum absolute atomic E-state index is 0.205. The Bertz CT molecular complexity index is 738. The molecule has 1 unspecified atom stereocenters. The van der Waals surface area contributed by atoms with Crippen LogP contribution in [0.5, 0.6) is 5.75 Å². The van der Waals surface area contributed by atoms with Crippen LogP contribution in [0.15, 0.2) is 60.3 Å². The lowest BCUT2D eigenvalue weighted by Gasteiger charge is -2.29. The number of benzene rings is 2. The van der Waals surface area contributed by atoms with Crippen molar-refractivity contribution in [2.24, 2.45) is 0 Å². The van der Waals surface area contributed by atoms with Crippen LogP contribution >= 0.6 is 0 Å². The van der Waals surface area contributed by atoms with Crippen LogP contribution in [-0.4, -0.2) is 24.8 Å². The van der Waals surface area contributed by atoms with E-state index in [-0.39, 0.29) is 11.3 Å². The van der Waals surface area contributed by atoms with Crippen LogP contribution in [-0.2, 0) is 0 Å². The van der Waals surface area contributed by atoms with Gasteiger partial charge in [-0.05, 0) is 23.8 Å². The first-order valence-corrected chi connectivity index (χ1v) is 7.00. The summed E-state index contributed by atoms with van der Waals surface area (Å²) in [7, 11) is 3.67. The van der Waals surface area contributed by atoms with Gasteiger partial charge in [0.05, 0.1) is 11.1 Å². The van der Waals surface area contributed by atoms with Crippen molar-refractivity contribution in [3.8, 4) is 5.75 Å². The summed E-state index contributed by atoms with van der Waals surface area (Å²) in [4.78, 5) is 14.5. The molecule has 3 rings (SSSR count). The number of ketones is 1. The number of hydrogen-bond acceptors (Lipinski definition) is 3. The van der Waals surface area contributed by atoms with E-state index in [0.717, 1.165) is 5.56 Å². The topological polar surface area (TPSA) is 29.5 Å². The van der Waals surface area contributed by atoms with E-state index in [0.29, 0.717) is 11.3 Å². The minimum atomic E-state index is -0.492. The number of ether oxygens (including phenoxy) is 1. The van der Waals surface area contributed by atoms with Crippen molar-refractivity contribution in [3.05, 3.63) is 77.2 Å². The van der Waals surface area contributed by atoms with Crippen LogP contribution in [0.3, 0.4) is 0 Å². The normalized spacial score (nSPS) is 18.8. The first-order valence-electron chi connectivity index (χ1n) is 7.00. The molecule has 0 saturated heterocycles. The highest BCUT2D eigenvalue weighted by molar-refractivity contribution is 6.12. The number of rotatable bonds is 2. The fourth-order valence-electron chi connectivity index (χ4n) is 2.53. The van der Waals surface area contributed by atoms with Crippen molar-refractivity contribution in [1.29, 1.82) is 0 Å². The van der Waals surface area contributed by atoms with Crippen LogP contribution in [0.25, 0.3) is 0 Å². The molecule has 1 heterocycles. The molecule has 1 atom stereocenters. The maximum absolute atomic E-state index is 13.4. The van der Waals surface area contributed by atoms with Gasteiger partial charge in [-0.3, -0.25) is 4.79 Å². The van der Waals surface area contributed by atoms with Crippen LogP contribution < -0.4 is 4.74 Å². The van der Waals surface area contributed by atoms with Crippen molar-refractivity contribution in [3.63, 3.8) is 0 Å². The van der Waals surface area contributed by atoms with E-state index < -0.39 is 11.9 Å². The first-order chi connectivity index (χ1) is 10.6. The summed E-state index contributed by atoms with van der Waals surface area (Å²) in [6, 6.07) is 13.6. The molecule has 3 nitrogen and oxygen atoms in total. The predicted molar refractivity (Wildman–Crippen MR) is 82.3 cm³/mol. The van der Waals surface area contributed by atoms with Gasteiger partial charge in [0.2, 0.25) is 0 Å². The van der Waals surface area contributed by atoms with Gasteiger partial charge >= 0.3 is 0 Å². The lowest BCUT2D eigenvalue weighted by atomic mass is 9.91. The molecule has 0 bridgehead atoms. The van der Waals surface area contributed by atoms with Crippen molar-refractivity contribution in [1.82, 2.24) is 4.90 Å². The van der Waals surface area contributed by atoms with Gasteiger partial charge in [-0.15, -0.1) is 0 Å². The monoisotopic (exact) mass is 297 g/mol. The van der Waals surface area contributed by atoms with E-state index in [1.807, 2.05) is 44.4 Å². The Morgan fingerprint density at radius 2 is 1.86 bits per heavy atom. The third kappa shape index (κ3) is 2.60. The van der Waals surface area contributed by atoms with Gasteiger partial charge in [0.1, 0.15) is 11.6 Å². The fourth-order valence-corrected chi connectivity index (χ4v) is 2.53. The zero-order valence-electron chi connectivity index (χ0n) is 12.4. The summed E-state index contributed by atoms with van der Waals surface area (Å²) in [6.07, 6.45) is 1.24. The molecule has 0 aromatic heterocycles. The molecule has 0 radical (unpaired) electrons. The Morgan fingerprint density at radius 3 is 2.55 bits per heavy atom. The number of carbonyl (C=O) groups is 1. The molecule has 2 aromatic carbocycles. The maximum atomic E-state index is 13.4. The first kappa shape index (κ1) is 14.3. The largest absolute Gasteiger partial charge is 0.480 e. The second-order valence-corrected chi connectivity index (χ2v) is 5.43. The third-order valence-corrected chi connectivity index (χ3v) is 3.48. The van der Waals surface area contributed by atoms with Gasteiger partial charge in [0.25, 0.3) is 0 Å². The summed E-state index contributed by atoms with van der Waals surface area (Å²) in [6.45, 7) is 0. The number of fused-ring (bicyclic) bond motifs is 1. The van der Waals surface area contributed by atoms with Crippen LogP contribution in [0.2, 0.25) is 0 Å². The molecule has 1 aliphatic rings. The average molecular weight is 297 g/mol. The second kappa shape index (κ2) is 5.64. The summed E-state index contributed by atoms with van der Waals surface area (Å²) in [5.74, 6) is -0.238. The highest BCUT2D eigenvalue weighted by atomic mass is 19.1. The molecule has 0 N–H and O–H groups in total. The van der Waals surface area contributed by atoms with Crippen molar-refractivity contribution in [2.75, 3.05) is 14.1 Å². The van der Waals surface area contributed by atoms with E-state index in [2.05, 4.69) is 0 Å². The maximum Gasteiger partial charge on any atom is 0.198 e. The van der Waals surface area contributed by atoms with Crippen LogP contribution in [0, 0.1) is 5.82 Å². The van der Waals surface area contributed by atoms with Gasteiger partial charge in [0.15, 0.2) is 11.9 Å². The number of Topliss-reactive ketones (excluding diaryl/α,β-unsaturated/α-hetero) is 1. The smallest absolute Gasteiger partial charge is 0.198 e.